The van der Waals surface area contributed by atoms with Crippen LogP contribution >= 0.6 is 12.2 Å². The Bertz CT molecular complexity index is 689. The van der Waals surface area contributed by atoms with Crippen molar-refractivity contribution in [2.45, 2.75) is 78.2 Å². The van der Waals surface area contributed by atoms with Crippen molar-refractivity contribution in [3.8, 4) is 0 Å². The summed E-state index contributed by atoms with van der Waals surface area (Å²) in [6, 6.07) is 0. The minimum atomic E-state index is -0.0618. The van der Waals surface area contributed by atoms with E-state index in [0.29, 0.717) is 5.41 Å². The van der Waals surface area contributed by atoms with Crippen molar-refractivity contribution >= 4 is 23.0 Å². The third-order valence-electron chi connectivity index (χ3n) is 8.94. The van der Waals surface area contributed by atoms with E-state index >= 15 is 0 Å². The molecule has 5 heteroatoms. The van der Waals surface area contributed by atoms with Gasteiger partial charge in [0, 0.05) is 0 Å². The highest BCUT2D eigenvalue weighted by Crippen LogP contribution is 2.66. The molecule has 0 aromatic rings. The van der Waals surface area contributed by atoms with Gasteiger partial charge in [-0.2, -0.15) is 5.10 Å². The molecule has 0 radical (unpaired) electrons. The number of hydrogen-bond donors (Lipinski definition) is 3. The molecule has 4 N–H and O–H groups in total. The molecule has 0 aliphatic heterocycles. The molecule has 0 aromatic heterocycles. The highest BCUT2D eigenvalue weighted by Gasteiger charge is 2.58. The number of allylic oxidation sites excluding steroid dienone is 2. The second-order valence-corrected chi connectivity index (χ2v) is 10.5. The lowest BCUT2D eigenvalue weighted by atomic mass is 9.44. The Hall–Kier alpha value is -0.940. The van der Waals surface area contributed by atoms with Crippen molar-refractivity contribution in [2.24, 2.45) is 45.3 Å². The number of hydrazone groups is 1. The first-order chi connectivity index (χ1) is 12.8. The molecule has 4 aliphatic carbocycles. The smallest absolute Gasteiger partial charge is 0.184 e. The van der Waals surface area contributed by atoms with Crippen LogP contribution in [0.1, 0.15) is 72.1 Å². The molecule has 0 amide bonds. The van der Waals surface area contributed by atoms with Crippen LogP contribution in [0.15, 0.2) is 16.8 Å². The molecule has 0 bridgehead atoms. The van der Waals surface area contributed by atoms with E-state index in [-0.39, 0.29) is 16.6 Å². The largest absolute Gasteiger partial charge is 0.393 e. The van der Waals surface area contributed by atoms with E-state index in [2.05, 4.69) is 37.4 Å². The van der Waals surface area contributed by atoms with Crippen molar-refractivity contribution in [3.05, 3.63) is 11.6 Å². The summed E-state index contributed by atoms with van der Waals surface area (Å²) in [4.78, 5) is 0. The van der Waals surface area contributed by atoms with E-state index in [0.717, 1.165) is 42.2 Å². The Morgan fingerprint density at radius 2 is 2.00 bits per heavy atom. The van der Waals surface area contributed by atoms with Crippen LogP contribution in [-0.2, 0) is 0 Å². The fourth-order valence-corrected chi connectivity index (χ4v) is 7.61. The minimum absolute atomic E-state index is 0.0618. The van der Waals surface area contributed by atoms with Gasteiger partial charge in [0.05, 0.1) is 11.8 Å². The molecule has 4 aliphatic rings. The van der Waals surface area contributed by atoms with Gasteiger partial charge in [0.2, 0.25) is 0 Å². The summed E-state index contributed by atoms with van der Waals surface area (Å²) in [7, 11) is 0. The average molecular weight is 390 g/mol. The van der Waals surface area contributed by atoms with E-state index in [9.17, 15) is 5.11 Å². The molecule has 3 saturated carbocycles. The van der Waals surface area contributed by atoms with Gasteiger partial charge in [-0.25, -0.2) is 0 Å². The molecule has 4 rings (SSSR count). The molecule has 0 aromatic carbocycles. The number of fused-ring (bicyclic) bond motifs is 5. The number of aliphatic hydroxyl groups is 1. The van der Waals surface area contributed by atoms with E-state index in [1.807, 2.05) is 0 Å². The third-order valence-corrected chi connectivity index (χ3v) is 9.03. The molecule has 27 heavy (non-hydrogen) atoms. The zero-order valence-corrected chi connectivity index (χ0v) is 17.8. The number of thiocarbonyl (C=S) groups is 1. The van der Waals surface area contributed by atoms with Crippen LogP contribution in [-0.4, -0.2) is 22.0 Å². The van der Waals surface area contributed by atoms with Gasteiger partial charge < -0.3 is 10.8 Å². The summed E-state index contributed by atoms with van der Waals surface area (Å²) in [6.45, 7) is 7.09. The molecular weight excluding hydrogens is 354 g/mol. The number of rotatable bonds is 2. The Morgan fingerprint density at radius 3 is 2.74 bits per heavy atom. The van der Waals surface area contributed by atoms with Gasteiger partial charge >= 0.3 is 0 Å². The SMILES string of the molecule is CC(=NNC(N)=S)C1=CC[C@@H]2[C@H]3CC[C@H]4C[C@@H](O)CC[C@]4(C)[C@H]3CC[C@]12C. The molecule has 7 atom stereocenters. The average Bonchev–Trinajstić information content (AvgIpc) is 2.97. The minimum Gasteiger partial charge on any atom is -0.393 e. The van der Waals surface area contributed by atoms with Crippen molar-refractivity contribution in [1.82, 2.24) is 5.43 Å². The highest BCUT2D eigenvalue weighted by molar-refractivity contribution is 7.80. The molecule has 0 unspecified atom stereocenters. The first-order valence-corrected chi connectivity index (χ1v) is 11.2. The van der Waals surface area contributed by atoms with Gasteiger partial charge in [-0.05, 0) is 111 Å². The van der Waals surface area contributed by atoms with E-state index < -0.39 is 0 Å². The van der Waals surface area contributed by atoms with Crippen molar-refractivity contribution < 1.29 is 5.11 Å². The normalized spacial score (nSPS) is 46.7. The first kappa shape index (κ1) is 19.4. The van der Waals surface area contributed by atoms with E-state index in [4.69, 9.17) is 18.0 Å². The number of hydrogen-bond acceptors (Lipinski definition) is 3. The van der Waals surface area contributed by atoms with Gasteiger partial charge in [0.15, 0.2) is 5.11 Å². The number of nitrogens with one attached hydrogen (secondary N) is 1. The quantitative estimate of drug-likeness (QED) is 0.377. The highest BCUT2D eigenvalue weighted by atomic mass is 32.1. The van der Waals surface area contributed by atoms with Crippen molar-refractivity contribution in [1.29, 1.82) is 0 Å². The zero-order chi connectivity index (χ0) is 19.4. The lowest BCUT2D eigenvalue weighted by molar-refractivity contribution is -0.117. The van der Waals surface area contributed by atoms with Crippen LogP contribution < -0.4 is 11.2 Å². The molecule has 0 heterocycles. The van der Waals surface area contributed by atoms with Gasteiger partial charge in [-0.3, -0.25) is 5.43 Å². The summed E-state index contributed by atoms with van der Waals surface area (Å²) >= 11 is 4.90. The predicted octanol–water partition coefficient (Wildman–Crippen LogP) is 4.14. The maximum Gasteiger partial charge on any atom is 0.184 e. The third kappa shape index (κ3) is 3.05. The Balaban J connectivity index is 1.56. The summed E-state index contributed by atoms with van der Waals surface area (Å²) in [6.07, 6.45) is 12.0. The monoisotopic (exact) mass is 389 g/mol. The van der Waals surface area contributed by atoms with Gasteiger partial charge in [0.25, 0.3) is 0 Å². The maximum absolute atomic E-state index is 10.2. The predicted molar refractivity (Wildman–Crippen MR) is 114 cm³/mol. The molecule has 0 spiro atoms. The fourth-order valence-electron chi connectivity index (χ4n) is 7.56. The number of nitrogens with two attached hydrogens (primary N) is 1. The van der Waals surface area contributed by atoms with E-state index in [1.54, 1.807) is 0 Å². The second kappa shape index (κ2) is 6.84. The Labute approximate surface area is 169 Å². The van der Waals surface area contributed by atoms with Gasteiger partial charge in [0.1, 0.15) is 0 Å². The summed E-state index contributed by atoms with van der Waals surface area (Å²) in [5, 5.41) is 14.9. The fraction of sp³-hybridized carbons (Fsp3) is 0.818. The summed E-state index contributed by atoms with van der Waals surface area (Å²) < 4.78 is 0. The van der Waals surface area contributed by atoms with Crippen LogP contribution in [0.3, 0.4) is 0 Å². The van der Waals surface area contributed by atoms with Crippen LogP contribution in [0.4, 0.5) is 0 Å². The Morgan fingerprint density at radius 1 is 1.22 bits per heavy atom. The second-order valence-electron chi connectivity index (χ2n) is 10.1. The molecule has 3 fully saturated rings. The lowest BCUT2D eigenvalue weighted by Crippen LogP contribution is -2.53. The van der Waals surface area contributed by atoms with Crippen LogP contribution in [0.25, 0.3) is 0 Å². The van der Waals surface area contributed by atoms with Crippen molar-refractivity contribution in [3.63, 3.8) is 0 Å². The van der Waals surface area contributed by atoms with Crippen LogP contribution in [0, 0.1) is 34.5 Å². The number of aliphatic hydroxyl groups excluding tert-OH is 1. The van der Waals surface area contributed by atoms with Crippen molar-refractivity contribution in [2.75, 3.05) is 0 Å². The molecular formula is C22H35N3OS. The van der Waals surface area contributed by atoms with E-state index in [1.165, 1.54) is 44.1 Å². The van der Waals surface area contributed by atoms with Gasteiger partial charge in [-0.15, -0.1) is 0 Å². The number of nitrogens with zero attached hydrogens (tertiary/aromatic N) is 1. The lowest BCUT2D eigenvalue weighted by Gasteiger charge is -2.60. The topological polar surface area (TPSA) is 70.6 Å². The molecule has 150 valence electrons. The first-order valence-electron chi connectivity index (χ1n) is 10.7. The standard InChI is InChI=1S/C22H35N3OS/c1-13(24-25-20(23)27)17-6-7-18-16-5-4-14-12-15(26)8-10-21(14,2)19(16)9-11-22(17,18)3/h6,14-16,18-19,26H,4-5,7-12H2,1-3H3,(H3,23,25,27)/t14-,15-,16+,18+,19-,21-,22+/m0/s1. The maximum atomic E-state index is 10.2. The summed E-state index contributed by atoms with van der Waals surface area (Å²) in [5.41, 5.74) is 11.4. The van der Waals surface area contributed by atoms with Crippen LogP contribution in [0.5, 0.6) is 0 Å². The van der Waals surface area contributed by atoms with Crippen LogP contribution in [0.2, 0.25) is 0 Å². The molecule has 0 saturated heterocycles. The summed E-state index contributed by atoms with van der Waals surface area (Å²) in [5.74, 6) is 3.08. The molecule has 4 nitrogen and oxygen atoms in total. The Kier molecular flexibility index (Phi) is 4.91. The van der Waals surface area contributed by atoms with Gasteiger partial charge in [-0.1, -0.05) is 19.9 Å². The zero-order valence-electron chi connectivity index (χ0n) is 17.0.